The number of carbonyl (C=O) groups excluding carboxylic acids is 2. The molecule has 0 fully saturated rings. The molecule has 1 atom stereocenters. The van der Waals surface area contributed by atoms with Crippen molar-refractivity contribution < 1.29 is 18.8 Å². The van der Waals surface area contributed by atoms with Gasteiger partial charge in [-0.25, -0.2) is 4.39 Å². The van der Waals surface area contributed by atoms with E-state index in [1.807, 2.05) is 6.92 Å². The van der Waals surface area contributed by atoms with E-state index in [1.165, 1.54) is 13.2 Å². The third-order valence-corrected chi connectivity index (χ3v) is 4.01. The lowest BCUT2D eigenvalue weighted by Crippen LogP contribution is -2.30. The molecule has 126 valence electrons. The number of benzene rings is 1. The van der Waals surface area contributed by atoms with Gasteiger partial charge in [0.15, 0.2) is 0 Å². The van der Waals surface area contributed by atoms with Gasteiger partial charge in [0.25, 0.3) is 5.24 Å². The molecule has 1 rings (SSSR count). The molecule has 0 heterocycles. The fourth-order valence-corrected chi connectivity index (χ4v) is 2.63. The number of halogens is 3. The largest absolute Gasteiger partial charge is 0.399 e. The first-order valence-electron chi connectivity index (χ1n) is 7.18. The molecular formula is C16H18BrClFNO3. The summed E-state index contributed by atoms with van der Waals surface area (Å²) in [4.78, 5) is 28.6. The Balaban J connectivity index is 3.14. The van der Waals surface area contributed by atoms with Crippen molar-refractivity contribution in [2.75, 3.05) is 7.11 Å². The molecule has 0 aliphatic rings. The van der Waals surface area contributed by atoms with Crippen LogP contribution >= 0.6 is 27.5 Å². The van der Waals surface area contributed by atoms with Crippen molar-refractivity contribution in [3.63, 3.8) is 0 Å². The summed E-state index contributed by atoms with van der Waals surface area (Å²) in [6.07, 6.45) is 1.78. The van der Waals surface area contributed by atoms with Gasteiger partial charge in [0.05, 0.1) is 5.92 Å². The molecule has 0 aliphatic carbocycles. The summed E-state index contributed by atoms with van der Waals surface area (Å²) in [6.45, 7) is 1.95. The van der Waals surface area contributed by atoms with Crippen molar-refractivity contribution >= 4 is 44.3 Å². The summed E-state index contributed by atoms with van der Waals surface area (Å²) in [5.74, 6) is -1.60. The second-order valence-electron chi connectivity index (χ2n) is 5.00. The Morgan fingerprint density at radius 3 is 2.65 bits per heavy atom. The van der Waals surface area contributed by atoms with E-state index in [0.717, 1.165) is 6.42 Å². The fraction of sp³-hybridized carbons (Fsp3) is 0.438. The van der Waals surface area contributed by atoms with Gasteiger partial charge in [-0.15, -0.1) is 0 Å². The highest BCUT2D eigenvalue weighted by atomic mass is 79.9. The molecule has 1 unspecified atom stereocenters. The minimum absolute atomic E-state index is 0.00230. The van der Waals surface area contributed by atoms with E-state index in [0.29, 0.717) is 16.5 Å². The summed E-state index contributed by atoms with van der Waals surface area (Å²) in [5.41, 5.74) is 0.113. The zero-order valence-corrected chi connectivity index (χ0v) is 15.3. The van der Waals surface area contributed by atoms with Gasteiger partial charge in [0.1, 0.15) is 24.4 Å². The lowest BCUT2D eigenvalue weighted by Gasteiger charge is -2.16. The lowest BCUT2D eigenvalue weighted by molar-refractivity contribution is -0.121. The number of Topliss-reactive ketones (excluding diaryl/α,β-unsaturated/α-hetero) is 1. The van der Waals surface area contributed by atoms with E-state index >= 15 is 0 Å². The quantitative estimate of drug-likeness (QED) is 0.349. The second kappa shape index (κ2) is 9.78. The summed E-state index contributed by atoms with van der Waals surface area (Å²) in [5, 5.41) is 2.70. The van der Waals surface area contributed by atoms with Gasteiger partial charge < -0.3 is 4.84 Å². The number of hydrogen-bond donors (Lipinski definition) is 0. The molecule has 1 aromatic rings. The monoisotopic (exact) mass is 405 g/mol. The standard InChI is InChI=1S/C16H18BrClFNO3/c1-3-4-5-14(21)12(15(16(18)22)20-23-2)8-10-6-7-11(17)9-13(10)19/h6-7,9,12H,3-5,8H2,1-2H3/b20-15-. The molecule has 7 heteroatoms. The molecule has 0 radical (unpaired) electrons. The zero-order chi connectivity index (χ0) is 17.4. The number of ketones is 1. The molecule has 0 bridgehead atoms. The van der Waals surface area contributed by atoms with Crippen LogP contribution in [0.1, 0.15) is 31.7 Å². The molecule has 0 N–H and O–H groups in total. The van der Waals surface area contributed by atoms with E-state index in [9.17, 15) is 14.0 Å². The average molecular weight is 407 g/mol. The van der Waals surface area contributed by atoms with Crippen LogP contribution in [0, 0.1) is 11.7 Å². The molecule has 0 spiro atoms. The van der Waals surface area contributed by atoms with E-state index in [4.69, 9.17) is 11.6 Å². The van der Waals surface area contributed by atoms with E-state index in [2.05, 4.69) is 25.9 Å². The number of oxime groups is 1. The number of unbranched alkanes of at least 4 members (excludes halogenated alkanes) is 1. The van der Waals surface area contributed by atoms with Crippen LogP contribution in [-0.4, -0.2) is 23.8 Å². The first-order chi connectivity index (χ1) is 10.9. The zero-order valence-electron chi connectivity index (χ0n) is 12.9. The average Bonchev–Trinajstić information content (AvgIpc) is 2.50. The molecule has 1 aromatic carbocycles. The van der Waals surface area contributed by atoms with Crippen LogP contribution in [0.3, 0.4) is 0 Å². The minimum Gasteiger partial charge on any atom is -0.399 e. The SMILES string of the molecule is CCCCC(=O)C(Cc1ccc(Br)cc1F)/C(=N/OC)C(=O)Cl. The van der Waals surface area contributed by atoms with Crippen LogP contribution in [-0.2, 0) is 20.8 Å². The van der Waals surface area contributed by atoms with Crippen molar-refractivity contribution in [1.29, 1.82) is 0 Å². The predicted octanol–water partition coefficient (Wildman–Crippen LogP) is 4.27. The summed E-state index contributed by atoms with van der Waals surface area (Å²) in [7, 11) is 1.26. The van der Waals surface area contributed by atoms with Gasteiger partial charge in [-0.05, 0) is 42.1 Å². The highest BCUT2D eigenvalue weighted by Gasteiger charge is 2.30. The summed E-state index contributed by atoms with van der Waals surface area (Å²) >= 11 is 8.70. The van der Waals surface area contributed by atoms with E-state index in [-0.39, 0.29) is 24.3 Å². The Bertz CT molecular complexity index is 607. The van der Waals surface area contributed by atoms with E-state index < -0.39 is 17.0 Å². The van der Waals surface area contributed by atoms with Crippen LogP contribution in [0.2, 0.25) is 0 Å². The fourth-order valence-electron chi connectivity index (χ4n) is 2.13. The minimum atomic E-state index is -0.929. The van der Waals surface area contributed by atoms with Gasteiger partial charge in [-0.3, -0.25) is 9.59 Å². The van der Waals surface area contributed by atoms with Crippen LogP contribution in [0.5, 0.6) is 0 Å². The van der Waals surface area contributed by atoms with Gasteiger partial charge in [0, 0.05) is 10.9 Å². The Labute approximate surface area is 148 Å². The number of rotatable bonds is 9. The smallest absolute Gasteiger partial charge is 0.270 e. The van der Waals surface area contributed by atoms with Gasteiger partial charge in [-0.2, -0.15) is 0 Å². The van der Waals surface area contributed by atoms with Crippen molar-refractivity contribution in [3.05, 3.63) is 34.1 Å². The molecule has 23 heavy (non-hydrogen) atoms. The van der Waals surface area contributed by atoms with Crippen LogP contribution in [0.25, 0.3) is 0 Å². The molecule has 0 saturated carbocycles. The maximum absolute atomic E-state index is 14.0. The van der Waals surface area contributed by atoms with Gasteiger partial charge in [0.2, 0.25) is 0 Å². The second-order valence-corrected chi connectivity index (χ2v) is 6.25. The number of nitrogens with zero attached hydrogens (tertiary/aromatic N) is 1. The van der Waals surface area contributed by atoms with Crippen molar-refractivity contribution in [3.8, 4) is 0 Å². The van der Waals surface area contributed by atoms with E-state index in [1.54, 1.807) is 12.1 Å². The Morgan fingerprint density at radius 2 is 2.13 bits per heavy atom. The Morgan fingerprint density at radius 1 is 1.43 bits per heavy atom. The third kappa shape index (κ3) is 6.03. The highest BCUT2D eigenvalue weighted by Crippen LogP contribution is 2.21. The Hall–Kier alpha value is -1.27. The van der Waals surface area contributed by atoms with Crippen molar-refractivity contribution in [2.24, 2.45) is 11.1 Å². The predicted molar refractivity (Wildman–Crippen MR) is 91.1 cm³/mol. The third-order valence-electron chi connectivity index (χ3n) is 3.33. The first kappa shape index (κ1) is 19.8. The number of hydrogen-bond acceptors (Lipinski definition) is 4. The van der Waals surface area contributed by atoms with Crippen molar-refractivity contribution in [2.45, 2.75) is 32.6 Å². The van der Waals surface area contributed by atoms with Crippen molar-refractivity contribution in [1.82, 2.24) is 0 Å². The van der Waals surface area contributed by atoms with Gasteiger partial charge >= 0.3 is 0 Å². The summed E-state index contributed by atoms with van der Waals surface area (Å²) in [6, 6.07) is 4.53. The maximum Gasteiger partial charge on any atom is 0.270 e. The first-order valence-corrected chi connectivity index (χ1v) is 8.35. The lowest BCUT2D eigenvalue weighted by atomic mass is 9.88. The number of carbonyl (C=O) groups is 2. The molecule has 0 saturated heterocycles. The Kier molecular flexibility index (Phi) is 8.41. The molecule has 0 aromatic heterocycles. The molecular weight excluding hydrogens is 389 g/mol. The maximum atomic E-state index is 14.0. The topological polar surface area (TPSA) is 55.7 Å². The molecule has 0 aliphatic heterocycles. The van der Waals surface area contributed by atoms with Crippen LogP contribution in [0.4, 0.5) is 4.39 Å². The molecule has 4 nitrogen and oxygen atoms in total. The highest BCUT2D eigenvalue weighted by molar-refractivity contribution is 9.10. The normalized spacial score (nSPS) is 12.8. The van der Waals surface area contributed by atoms with Crippen LogP contribution in [0.15, 0.2) is 27.8 Å². The van der Waals surface area contributed by atoms with Gasteiger partial charge in [-0.1, -0.05) is 40.5 Å². The summed E-state index contributed by atoms with van der Waals surface area (Å²) < 4.78 is 14.6. The van der Waals surface area contributed by atoms with Crippen LogP contribution < -0.4 is 0 Å². The molecule has 0 amide bonds.